The van der Waals surface area contributed by atoms with Crippen molar-refractivity contribution in [2.24, 2.45) is 0 Å². The molecule has 1 aliphatic rings. The Morgan fingerprint density at radius 1 is 1.39 bits per heavy atom. The van der Waals surface area contributed by atoms with Crippen LogP contribution in [0.5, 0.6) is 0 Å². The van der Waals surface area contributed by atoms with Crippen LogP contribution in [0.1, 0.15) is 37.2 Å². The second-order valence-electron chi connectivity index (χ2n) is 4.14. The molecule has 96 valence electrons. The average Bonchev–Trinajstić information content (AvgIpc) is 3.01. The number of halogens is 1. The Balaban J connectivity index is 1.74. The lowest BCUT2D eigenvalue weighted by molar-refractivity contribution is 0.643. The molecule has 18 heavy (non-hydrogen) atoms. The van der Waals surface area contributed by atoms with Crippen LogP contribution in [-0.2, 0) is 12.3 Å². The summed E-state index contributed by atoms with van der Waals surface area (Å²) in [6.07, 6.45) is 2.48. The summed E-state index contributed by atoms with van der Waals surface area (Å²) in [6.45, 7) is 3.03. The van der Waals surface area contributed by atoms with E-state index < -0.39 is 0 Å². The van der Waals surface area contributed by atoms with Crippen LogP contribution in [0.2, 0.25) is 4.34 Å². The van der Waals surface area contributed by atoms with Crippen molar-refractivity contribution in [3.63, 3.8) is 0 Å². The zero-order valence-corrected chi connectivity index (χ0v) is 12.2. The molecule has 2 aromatic heterocycles. The van der Waals surface area contributed by atoms with Crippen LogP contribution in [0.25, 0.3) is 0 Å². The fraction of sp³-hybridized carbons (Fsp3) is 0.600. The molecule has 1 fully saturated rings. The molecule has 0 saturated heterocycles. The minimum atomic E-state index is 0.622. The van der Waals surface area contributed by atoms with Crippen molar-refractivity contribution < 1.29 is 0 Å². The maximum absolute atomic E-state index is 5.98. The maximum Gasteiger partial charge on any atom is 0.191 e. The number of thioether (sulfide) groups is 1. The molecule has 0 radical (unpaired) electrons. The molecule has 0 N–H and O–H groups in total. The summed E-state index contributed by atoms with van der Waals surface area (Å²) in [5.74, 6) is 2.44. The van der Waals surface area contributed by atoms with Gasteiger partial charge in [-0.05, 0) is 19.8 Å². The fourth-order valence-corrected chi connectivity index (χ4v) is 3.51. The molecule has 0 atom stereocenters. The van der Waals surface area contributed by atoms with E-state index in [4.69, 9.17) is 11.6 Å². The van der Waals surface area contributed by atoms with Gasteiger partial charge in [0, 0.05) is 29.7 Å². The molecule has 0 amide bonds. The van der Waals surface area contributed by atoms with Gasteiger partial charge in [0.15, 0.2) is 5.16 Å². The van der Waals surface area contributed by atoms with Gasteiger partial charge in [0.1, 0.15) is 15.9 Å². The standard InChI is InChI=1S/C10H12ClN5S2/c1-2-16-9(6-3-4-6)13-14-10(16)17-5-7-8(11)18-15-12-7/h6H,2-5H2,1H3. The third-order valence-corrected chi connectivity index (χ3v) is 4.81. The number of rotatable bonds is 5. The predicted molar refractivity (Wildman–Crippen MR) is 72.2 cm³/mol. The van der Waals surface area contributed by atoms with Gasteiger partial charge < -0.3 is 4.57 Å². The second kappa shape index (κ2) is 5.14. The van der Waals surface area contributed by atoms with Crippen molar-refractivity contribution >= 4 is 34.9 Å². The van der Waals surface area contributed by atoms with E-state index in [0.717, 1.165) is 23.2 Å². The first kappa shape index (κ1) is 12.4. The smallest absolute Gasteiger partial charge is 0.191 e. The summed E-state index contributed by atoms with van der Waals surface area (Å²) in [6, 6.07) is 0. The van der Waals surface area contributed by atoms with Crippen LogP contribution >= 0.6 is 34.9 Å². The van der Waals surface area contributed by atoms with Gasteiger partial charge in [-0.2, -0.15) is 0 Å². The first-order valence-corrected chi connectivity index (χ1v) is 7.96. The van der Waals surface area contributed by atoms with Crippen LogP contribution in [-0.4, -0.2) is 24.4 Å². The second-order valence-corrected chi connectivity index (χ2v) is 6.44. The Bertz CT molecular complexity index is 548. The van der Waals surface area contributed by atoms with Gasteiger partial charge in [-0.3, -0.25) is 0 Å². The highest BCUT2D eigenvalue weighted by Gasteiger charge is 2.30. The highest BCUT2D eigenvalue weighted by atomic mass is 35.5. The van der Waals surface area contributed by atoms with Crippen LogP contribution < -0.4 is 0 Å². The number of hydrogen-bond donors (Lipinski definition) is 0. The van der Waals surface area contributed by atoms with Crippen LogP contribution in [0.4, 0.5) is 0 Å². The molecular formula is C10H12ClN5S2. The third-order valence-electron chi connectivity index (χ3n) is 2.85. The Morgan fingerprint density at radius 3 is 2.83 bits per heavy atom. The van der Waals surface area contributed by atoms with E-state index in [0.29, 0.717) is 16.0 Å². The lowest BCUT2D eigenvalue weighted by Gasteiger charge is -2.05. The SMILES string of the molecule is CCn1c(SCc2nnsc2Cl)nnc1C1CC1. The summed E-state index contributed by atoms with van der Waals surface area (Å²) >= 11 is 8.82. The van der Waals surface area contributed by atoms with Gasteiger partial charge >= 0.3 is 0 Å². The first-order valence-electron chi connectivity index (χ1n) is 5.82. The summed E-state index contributed by atoms with van der Waals surface area (Å²) in [7, 11) is 0. The summed E-state index contributed by atoms with van der Waals surface area (Å²) in [5, 5.41) is 13.5. The van der Waals surface area contributed by atoms with Gasteiger partial charge in [0.05, 0.1) is 0 Å². The molecule has 0 unspecified atom stereocenters. The zero-order chi connectivity index (χ0) is 12.5. The molecule has 1 saturated carbocycles. The number of nitrogens with zero attached hydrogens (tertiary/aromatic N) is 5. The van der Waals surface area contributed by atoms with Crippen LogP contribution in [0.15, 0.2) is 5.16 Å². The van der Waals surface area contributed by atoms with E-state index in [-0.39, 0.29) is 0 Å². The van der Waals surface area contributed by atoms with E-state index in [9.17, 15) is 0 Å². The third kappa shape index (κ3) is 2.39. The lowest BCUT2D eigenvalue weighted by atomic mass is 10.4. The van der Waals surface area contributed by atoms with Crippen molar-refractivity contribution in [3.8, 4) is 0 Å². The van der Waals surface area contributed by atoms with E-state index in [1.54, 1.807) is 11.8 Å². The summed E-state index contributed by atoms with van der Waals surface area (Å²) in [4.78, 5) is 0. The van der Waals surface area contributed by atoms with E-state index in [1.807, 2.05) is 0 Å². The van der Waals surface area contributed by atoms with Gasteiger partial charge in [0.25, 0.3) is 0 Å². The van der Waals surface area contributed by atoms with Crippen LogP contribution in [0, 0.1) is 0 Å². The van der Waals surface area contributed by atoms with Crippen molar-refractivity contribution in [2.45, 2.75) is 43.1 Å². The Kier molecular flexibility index (Phi) is 3.54. The fourth-order valence-electron chi connectivity index (χ4n) is 1.76. The van der Waals surface area contributed by atoms with E-state index >= 15 is 0 Å². The topological polar surface area (TPSA) is 56.5 Å². The number of hydrogen-bond acceptors (Lipinski definition) is 6. The molecule has 1 aliphatic carbocycles. The van der Waals surface area contributed by atoms with Gasteiger partial charge in [-0.25, -0.2) is 0 Å². The molecular weight excluding hydrogens is 290 g/mol. The molecule has 2 aromatic rings. The maximum atomic E-state index is 5.98. The monoisotopic (exact) mass is 301 g/mol. The van der Waals surface area contributed by atoms with Crippen LogP contribution in [0.3, 0.4) is 0 Å². The van der Waals surface area contributed by atoms with Crippen molar-refractivity contribution in [1.29, 1.82) is 0 Å². The van der Waals surface area contributed by atoms with Gasteiger partial charge in [-0.15, -0.1) is 15.3 Å². The van der Waals surface area contributed by atoms with Gasteiger partial charge in [0.2, 0.25) is 0 Å². The summed E-state index contributed by atoms with van der Waals surface area (Å²) in [5.41, 5.74) is 0.824. The molecule has 0 spiro atoms. The zero-order valence-electron chi connectivity index (χ0n) is 9.84. The average molecular weight is 302 g/mol. The Hall–Kier alpha value is -0.660. The molecule has 0 aromatic carbocycles. The Labute approximate surface area is 118 Å². The highest BCUT2D eigenvalue weighted by Crippen LogP contribution is 2.40. The predicted octanol–water partition coefficient (Wildman–Crippen LogP) is 2.97. The van der Waals surface area contributed by atoms with Gasteiger partial charge in [-0.1, -0.05) is 27.9 Å². The van der Waals surface area contributed by atoms with E-state index in [2.05, 4.69) is 31.3 Å². The lowest BCUT2D eigenvalue weighted by Crippen LogP contribution is -2.02. The molecule has 0 aliphatic heterocycles. The molecule has 5 nitrogen and oxygen atoms in total. The minimum absolute atomic E-state index is 0.622. The van der Waals surface area contributed by atoms with Crippen molar-refractivity contribution in [3.05, 3.63) is 15.9 Å². The molecule has 3 rings (SSSR count). The van der Waals surface area contributed by atoms with Crippen molar-refractivity contribution in [1.82, 2.24) is 24.4 Å². The molecule has 2 heterocycles. The normalized spacial score (nSPS) is 15.2. The first-order chi connectivity index (χ1) is 8.79. The molecule has 0 bridgehead atoms. The van der Waals surface area contributed by atoms with Crippen molar-refractivity contribution in [2.75, 3.05) is 0 Å². The summed E-state index contributed by atoms with van der Waals surface area (Å²) < 4.78 is 6.67. The number of aromatic nitrogens is 5. The quantitative estimate of drug-likeness (QED) is 0.795. The van der Waals surface area contributed by atoms with E-state index in [1.165, 1.54) is 24.4 Å². The minimum Gasteiger partial charge on any atom is -0.306 e. The highest BCUT2D eigenvalue weighted by molar-refractivity contribution is 7.98. The Morgan fingerprint density at radius 2 is 2.22 bits per heavy atom. The molecule has 8 heteroatoms. The largest absolute Gasteiger partial charge is 0.306 e.